The molecule has 0 saturated heterocycles. The van der Waals surface area contributed by atoms with Crippen LogP contribution < -0.4 is 0 Å². The Kier molecular flexibility index (Phi) is 14.3. The lowest BCUT2D eigenvalue weighted by Crippen LogP contribution is -1.96. The zero-order valence-corrected chi connectivity index (χ0v) is 13.7. The Balaban J connectivity index is 3.13. The van der Waals surface area contributed by atoms with E-state index in [0.29, 0.717) is 11.6 Å². The summed E-state index contributed by atoms with van der Waals surface area (Å²) >= 11 is 0. The van der Waals surface area contributed by atoms with Crippen molar-refractivity contribution in [3.8, 4) is 0 Å². The van der Waals surface area contributed by atoms with Crippen molar-refractivity contribution in [1.29, 1.82) is 0 Å². The van der Waals surface area contributed by atoms with Crippen LogP contribution in [-0.4, -0.2) is 11.6 Å². The summed E-state index contributed by atoms with van der Waals surface area (Å²) in [5.41, 5.74) is 0. The molecule has 0 N–H and O–H groups in total. The van der Waals surface area contributed by atoms with Gasteiger partial charge in [-0.3, -0.25) is 9.59 Å². The van der Waals surface area contributed by atoms with E-state index >= 15 is 0 Å². The van der Waals surface area contributed by atoms with E-state index in [1.54, 1.807) is 0 Å². The van der Waals surface area contributed by atoms with Crippen LogP contribution >= 0.6 is 0 Å². The van der Waals surface area contributed by atoms with Gasteiger partial charge in [0.2, 0.25) is 0 Å². The number of carbonyl (C=O) groups is 2. The molecule has 0 fully saturated rings. The van der Waals surface area contributed by atoms with Crippen LogP contribution in [0, 0.1) is 0 Å². The van der Waals surface area contributed by atoms with Gasteiger partial charge in [0.1, 0.15) is 11.6 Å². The summed E-state index contributed by atoms with van der Waals surface area (Å²) in [6.07, 6.45) is 14.7. The van der Waals surface area contributed by atoms with E-state index in [2.05, 4.69) is 13.8 Å². The Morgan fingerprint density at radius 1 is 0.500 bits per heavy atom. The van der Waals surface area contributed by atoms with Crippen molar-refractivity contribution in [2.24, 2.45) is 0 Å². The third kappa shape index (κ3) is 13.8. The van der Waals surface area contributed by atoms with Crippen LogP contribution in [0.25, 0.3) is 0 Å². The first-order valence-corrected chi connectivity index (χ1v) is 8.74. The lowest BCUT2D eigenvalue weighted by molar-refractivity contribution is -0.120. The highest BCUT2D eigenvalue weighted by Crippen LogP contribution is 2.12. The minimum atomic E-state index is 0.434. The summed E-state index contributed by atoms with van der Waals surface area (Å²) < 4.78 is 0. The quantitative estimate of drug-likeness (QED) is 0.365. The first-order chi connectivity index (χ1) is 9.70. The molecule has 0 bridgehead atoms. The molecule has 0 aliphatic heterocycles. The predicted molar refractivity (Wildman–Crippen MR) is 86.0 cm³/mol. The molecule has 20 heavy (non-hydrogen) atoms. The predicted octanol–water partition coefficient (Wildman–Crippen LogP) is 5.63. The number of Topliss-reactive ketones (excluding diaryl/α,β-unsaturated/α-hetero) is 2. The average Bonchev–Trinajstić information content (AvgIpc) is 2.41. The van der Waals surface area contributed by atoms with E-state index in [9.17, 15) is 9.59 Å². The topological polar surface area (TPSA) is 34.1 Å². The normalized spacial score (nSPS) is 10.7. The number of rotatable bonds is 15. The molecule has 0 rings (SSSR count). The maximum absolute atomic E-state index is 11.3. The van der Waals surface area contributed by atoms with Crippen molar-refractivity contribution in [2.45, 2.75) is 104 Å². The van der Waals surface area contributed by atoms with E-state index in [0.717, 1.165) is 51.4 Å². The van der Waals surface area contributed by atoms with Crippen LogP contribution in [0.15, 0.2) is 0 Å². The van der Waals surface area contributed by atoms with Crippen molar-refractivity contribution in [3.63, 3.8) is 0 Å². The number of hydrogen-bond donors (Lipinski definition) is 0. The molecule has 0 spiro atoms. The Morgan fingerprint density at radius 3 is 1.10 bits per heavy atom. The minimum Gasteiger partial charge on any atom is -0.300 e. The molecule has 0 atom stereocenters. The zero-order valence-electron chi connectivity index (χ0n) is 13.7. The number of carbonyl (C=O) groups excluding carboxylic acids is 2. The molecule has 2 nitrogen and oxygen atoms in total. The molecule has 2 heteroatoms. The maximum atomic E-state index is 11.3. The summed E-state index contributed by atoms with van der Waals surface area (Å²) in [6.45, 7) is 4.13. The van der Waals surface area contributed by atoms with Crippen molar-refractivity contribution < 1.29 is 9.59 Å². The summed E-state index contributed by atoms with van der Waals surface area (Å²) in [4.78, 5) is 22.6. The van der Waals surface area contributed by atoms with Crippen LogP contribution in [0.4, 0.5) is 0 Å². The average molecular weight is 282 g/mol. The van der Waals surface area contributed by atoms with Crippen LogP contribution in [0.3, 0.4) is 0 Å². The van der Waals surface area contributed by atoms with E-state index in [1.165, 1.54) is 38.5 Å². The Labute approximate surface area is 125 Å². The van der Waals surface area contributed by atoms with Gasteiger partial charge in [0.05, 0.1) is 0 Å². The van der Waals surface area contributed by atoms with Gasteiger partial charge < -0.3 is 0 Å². The zero-order chi connectivity index (χ0) is 15.1. The molecule has 0 saturated carbocycles. The van der Waals surface area contributed by atoms with E-state index in [4.69, 9.17) is 0 Å². The van der Waals surface area contributed by atoms with Crippen LogP contribution in [0.1, 0.15) is 104 Å². The number of unbranched alkanes of at least 4 members (excludes halogenated alkanes) is 7. The van der Waals surface area contributed by atoms with Crippen LogP contribution in [0.2, 0.25) is 0 Å². The Morgan fingerprint density at radius 2 is 0.800 bits per heavy atom. The summed E-state index contributed by atoms with van der Waals surface area (Å²) in [7, 11) is 0. The Bertz CT molecular complexity index is 220. The Hall–Kier alpha value is -0.660. The summed E-state index contributed by atoms with van der Waals surface area (Å²) in [5.74, 6) is 0.869. The van der Waals surface area contributed by atoms with Gasteiger partial charge in [0.25, 0.3) is 0 Å². The van der Waals surface area contributed by atoms with E-state index < -0.39 is 0 Å². The third-order valence-corrected chi connectivity index (χ3v) is 3.72. The highest BCUT2D eigenvalue weighted by Gasteiger charge is 2.01. The largest absolute Gasteiger partial charge is 0.300 e. The van der Waals surface area contributed by atoms with Gasteiger partial charge >= 0.3 is 0 Å². The monoisotopic (exact) mass is 282 g/mol. The summed E-state index contributed by atoms with van der Waals surface area (Å²) in [6, 6.07) is 0. The minimum absolute atomic E-state index is 0.434. The fourth-order valence-electron chi connectivity index (χ4n) is 2.51. The highest BCUT2D eigenvalue weighted by molar-refractivity contribution is 5.78. The number of ketones is 2. The lowest BCUT2D eigenvalue weighted by Gasteiger charge is -2.02. The smallest absolute Gasteiger partial charge is 0.132 e. The van der Waals surface area contributed by atoms with Gasteiger partial charge in [0.15, 0.2) is 0 Å². The van der Waals surface area contributed by atoms with Gasteiger partial charge in [-0.15, -0.1) is 0 Å². The van der Waals surface area contributed by atoms with Gasteiger partial charge in [-0.25, -0.2) is 0 Å². The molecule has 0 heterocycles. The van der Waals surface area contributed by atoms with Gasteiger partial charge in [-0.05, 0) is 25.7 Å². The first-order valence-electron chi connectivity index (χ1n) is 8.74. The van der Waals surface area contributed by atoms with Crippen molar-refractivity contribution >= 4 is 11.6 Å². The molecule has 0 radical (unpaired) electrons. The lowest BCUT2D eigenvalue weighted by atomic mass is 10.0. The van der Waals surface area contributed by atoms with Crippen LogP contribution in [0.5, 0.6) is 0 Å². The fraction of sp³-hybridized carbons (Fsp3) is 0.889. The SMILES string of the molecule is CCCC(=O)CCCCCCCCCCC(=O)CCC. The third-order valence-electron chi connectivity index (χ3n) is 3.72. The van der Waals surface area contributed by atoms with E-state index in [1.807, 2.05) is 0 Å². The van der Waals surface area contributed by atoms with Gasteiger partial charge in [-0.2, -0.15) is 0 Å². The molecule has 0 aromatic carbocycles. The second kappa shape index (κ2) is 14.7. The van der Waals surface area contributed by atoms with Crippen molar-refractivity contribution in [3.05, 3.63) is 0 Å². The molecule has 0 aromatic rings. The second-order valence-corrected chi connectivity index (χ2v) is 5.91. The second-order valence-electron chi connectivity index (χ2n) is 5.91. The molecule has 0 aliphatic rings. The van der Waals surface area contributed by atoms with Crippen LogP contribution in [-0.2, 0) is 9.59 Å². The summed E-state index contributed by atoms with van der Waals surface area (Å²) in [5, 5.41) is 0. The molecular formula is C18H34O2. The molecule has 0 amide bonds. The van der Waals surface area contributed by atoms with Gasteiger partial charge in [-0.1, -0.05) is 52.4 Å². The number of hydrogen-bond acceptors (Lipinski definition) is 2. The van der Waals surface area contributed by atoms with Gasteiger partial charge in [0, 0.05) is 25.7 Å². The highest BCUT2D eigenvalue weighted by atomic mass is 16.1. The van der Waals surface area contributed by atoms with Crippen molar-refractivity contribution in [2.75, 3.05) is 0 Å². The molecule has 0 unspecified atom stereocenters. The first kappa shape index (κ1) is 19.3. The molecule has 0 aliphatic carbocycles. The standard InChI is InChI=1S/C18H34O2/c1-3-13-17(19)15-11-9-7-5-6-8-10-12-16-18(20)14-4-2/h3-16H2,1-2H3. The maximum Gasteiger partial charge on any atom is 0.132 e. The van der Waals surface area contributed by atoms with Crippen molar-refractivity contribution in [1.82, 2.24) is 0 Å². The fourth-order valence-corrected chi connectivity index (χ4v) is 2.51. The molecule has 118 valence electrons. The van der Waals surface area contributed by atoms with E-state index in [-0.39, 0.29) is 0 Å². The molecule has 0 aromatic heterocycles. The molecular weight excluding hydrogens is 248 g/mol.